The predicted octanol–water partition coefficient (Wildman–Crippen LogP) is 5.54. The van der Waals surface area contributed by atoms with Crippen molar-refractivity contribution in [3.05, 3.63) is 69.1 Å². The van der Waals surface area contributed by atoms with Gasteiger partial charge in [0.25, 0.3) is 0 Å². The van der Waals surface area contributed by atoms with Crippen molar-refractivity contribution >= 4 is 27.7 Å². The molecule has 116 valence electrons. The zero-order chi connectivity index (χ0) is 15.9. The number of nitrogens with zero attached hydrogens (tertiary/aromatic N) is 1. The maximum Gasteiger partial charge on any atom is 0.488 e. The average molecular weight is 392 g/mol. The first-order valence-electron chi connectivity index (χ1n) is 6.41. The Balaban J connectivity index is 2.05. The fourth-order valence-electron chi connectivity index (χ4n) is 2.43. The lowest BCUT2D eigenvalue weighted by molar-refractivity contribution is -0.214. The lowest BCUT2D eigenvalue weighted by atomic mass is 9.95. The van der Waals surface area contributed by atoms with Crippen LogP contribution in [0, 0.1) is 5.82 Å². The summed E-state index contributed by atoms with van der Waals surface area (Å²) in [6, 6.07) is 4.52. The first-order chi connectivity index (χ1) is 10.4. The SMILES string of the molecule is Fc1ccc(C2C=CN(C(F)(F)F)C3=C2SCC=C3)cc1Br. The first-order valence-corrected chi connectivity index (χ1v) is 8.18. The standard InChI is InChI=1S/C15H10BrF4NS/c16-11-8-9(3-4-12(11)17)10-5-6-21(15(18,19)20)13-2-1-7-22-14(10)13/h1-6,8,10H,7H2. The highest BCUT2D eigenvalue weighted by Crippen LogP contribution is 2.45. The van der Waals surface area contributed by atoms with Crippen LogP contribution in [0.4, 0.5) is 17.6 Å². The number of thioether (sulfide) groups is 1. The van der Waals surface area contributed by atoms with Gasteiger partial charge in [0.15, 0.2) is 0 Å². The molecule has 0 bridgehead atoms. The summed E-state index contributed by atoms with van der Waals surface area (Å²) < 4.78 is 53.0. The van der Waals surface area contributed by atoms with E-state index in [9.17, 15) is 17.6 Å². The van der Waals surface area contributed by atoms with Gasteiger partial charge in [-0.3, -0.25) is 4.90 Å². The van der Waals surface area contributed by atoms with Crippen LogP contribution < -0.4 is 0 Å². The average Bonchev–Trinajstić information content (AvgIpc) is 2.48. The molecular formula is C15H10BrF4NS. The maximum absolute atomic E-state index is 13.4. The molecule has 1 nitrogen and oxygen atoms in total. The van der Waals surface area contributed by atoms with Gasteiger partial charge in [0, 0.05) is 22.8 Å². The zero-order valence-electron chi connectivity index (χ0n) is 11.1. The Morgan fingerprint density at radius 1 is 1.27 bits per heavy atom. The van der Waals surface area contributed by atoms with Crippen LogP contribution in [0.1, 0.15) is 11.5 Å². The lowest BCUT2D eigenvalue weighted by Gasteiger charge is -2.34. The second kappa shape index (κ2) is 5.77. The van der Waals surface area contributed by atoms with Gasteiger partial charge in [-0.2, -0.15) is 0 Å². The van der Waals surface area contributed by atoms with Gasteiger partial charge >= 0.3 is 6.30 Å². The Morgan fingerprint density at radius 3 is 2.73 bits per heavy atom. The molecule has 2 aliphatic heterocycles. The smallest absolute Gasteiger partial charge is 0.259 e. The summed E-state index contributed by atoms with van der Waals surface area (Å²) in [7, 11) is 0. The van der Waals surface area contributed by atoms with Crippen LogP contribution in [0.3, 0.4) is 0 Å². The molecule has 0 amide bonds. The lowest BCUT2D eigenvalue weighted by Crippen LogP contribution is -2.35. The molecule has 2 aliphatic rings. The second-order valence-electron chi connectivity index (χ2n) is 4.79. The molecule has 1 aromatic carbocycles. The van der Waals surface area contributed by atoms with Gasteiger partial charge < -0.3 is 0 Å². The molecule has 1 atom stereocenters. The van der Waals surface area contributed by atoms with E-state index < -0.39 is 12.1 Å². The van der Waals surface area contributed by atoms with Crippen LogP contribution in [-0.4, -0.2) is 17.0 Å². The first kappa shape index (κ1) is 15.7. The molecule has 7 heteroatoms. The molecular weight excluding hydrogens is 382 g/mol. The van der Waals surface area contributed by atoms with Crippen LogP contribution in [-0.2, 0) is 0 Å². The Labute approximate surface area is 137 Å². The van der Waals surface area contributed by atoms with E-state index in [1.54, 1.807) is 18.2 Å². The molecule has 3 rings (SSSR count). The quantitative estimate of drug-likeness (QED) is 0.456. The third kappa shape index (κ3) is 2.84. The van der Waals surface area contributed by atoms with Crippen LogP contribution in [0.25, 0.3) is 0 Å². The van der Waals surface area contributed by atoms with Gasteiger partial charge in [-0.25, -0.2) is 4.39 Å². The van der Waals surface area contributed by atoms with Crippen molar-refractivity contribution in [3.8, 4) is 0 Å². The number of allylic oxidation sites excluding steroid dienone is 3. The minimum atomic E-state index is -4.46. The van der Waals surface area contributed by atoms with Crippen LogP contribution in [0.2, 0.25) is 0 Å². The molecule has 1 unspecified atom stereocenters. The molecule has 0 N–H and O–H groups in total. The molecule has 22 heavy (non-hydrogen) atoms. The third-order valence-electron chi connectivity index (χ3n) is 3.41. The molecule has 2 heterocycles. The van der Waals surface area contributed by atoms with E-state index in [0.29, 0.717) is 20.0 Å². The molecule has 0 saturated carbocycles. The molecule has 1 aromatic rings. The number of halogens is 5. The fourth-order valence-corrected chi connectivity index (χ4v) is 3.91. The van der Waals surface area contributed by atoms with Crippen LogP contribution in [0.5, 0.6) is 0 Å². The number of hydrogen-bond donors (Lipinski definition) is 0. The highest BCUT2D eigenvalue weighted by Gasteiger charge is 2.41. The van der Waals surface area contributed by atoms with Crippen LogP contribution >= 0.6 is 27.7 Å². The summed E-state index contributed by atoms with van der Waals surface area (Å²) in [6.07, 6.45) is 1.27. The van der Waals surface area contributed by atoms with Gasteiger partial charge in [0.2, 0.25) is 0 Å². The second-order valence-corrected chi connectivity index (χ2v) is 6.71. The molecule has 0 aliphatic carbocycles. The van der Waals surface area contributed by atoms with Crippen molar-refractivity contribution in [2.75, 3.05) is 5.75 Å². The summed E-state index contributed by atoms with van der Waals surface area (Å²) in [4.78, 5) is 0.945. The van der Waals surface area contributed by atoms with Gasteiger partial charge in [0.1, 0.15) is 5.82 Å². The van der Waals surface area contributed by atoms with Crippen molar-refractivity contribution in [2.24, 2.45) is 0 Å². The van der Waals surface area contributed by atoms with Crippen molar-refractivity contribution < 1.29 is 17.6 Å². The van der Waals surface area contributed by atoms with E-state index >= 15 is 0 Å². The minimum Gasteiger partial charge on any atom is -0.259 e. The van der Waals surface area contributed by atoms with Gasteiger partial charge in [-0.1, -0.05) is 18.2 Å². The van der Waals surface area contributed by atoms with E-state index in [1.165, 1.54) is 30.0 Å². The van der Waals surface area contributed by atoms with E-state index in [4.69, 9.17) is 0 Å². The molecule has 0 saturated heterocycles. The number of alkyl halides is 3. The Kier molecular flexibility index (Phi) is 4.11. The topological polar surface area (TPSA) is 3.24 Å². The van der Waals surface area contributed by atoms with Gasteiger partial charge in [-0.15, -0.1) is 24.9 Å². The number of rotatable bonds is 1. The van der Waals surface area contributed by atoms with Crippen molar-refractivity contribution in [3.63, 3.8) is 0 Å². The summed E-state index contributed by atoms with van der Waals surface area (Å²) in [5, 5.41) is 0. The van der Waals surface area contributed by atoms with Crippen molar-refractivity contribution in [1.29, 1.82) is 0 Å². The predicted molar refractivity (Wildman–Crippen MR) is 82.5 cm³/mol. The maximum atomic E-state index is 13.4. The monoisotopic (exact) mass is 391 g/mol. The van der Waals surface area contributed by atoms with Gasteiger partial charge in [-0.05, 0) is 39.7 Å². The Bertz CT molecular complexity index is 693. The summed E-state index contributed by atoms with van der Waals surface area (Å²) in [5.74, 6) is -0.0802. The molecule has 0 radical (unpaired) electrons. The summed E-state index contributed by atoms with van der Waals surface area (Å²) in [5.41, 5.74) is 0.887. The van der Waals surface area contributed by atoms with E-state index in [2.05, 4.69) is 15.9 Å². The van der Waals surface area contributed by atoms with Crippen LogP contribution in [0.15, 0.2) is 57.7 Å². The molecule has 0 fully saturated rings. The Hall–Kier alpha value is -1.21. The molecule has 0 spiro atoms. The number of hydrogen-bond acceptors (Lipinski definition) is 2. The highest BCUT2D eigenvalue weighted by molar-refractivity contribution is 9.10. The largest absolute Gasteiger partial charge is 0.488 e. The summed E-state index contributed by atoms with van der Waals surface area (Å²) >= 11 is 4.49. The van der Waals surface area contributed by atoms with Gasteiger partial charge in [0.05, 0.1) is 10.2 Å². The fraction of sp³-hybridized carbons (Fsp3) is 0.200. The summed E-state index contributed by atoms with van der Waals surface area (Å²) in [6.45, 7) is 0. The minimum absolute atomic E-state index is 0.136. The van der Waals surface area contributed by atoms with Crippen molar-refractivity contribution in [2.45, 2.75) is 12.2 Å². The van der Waals surface area contributed by atoms with E-state index in [0.717, 1.165) is 11.8 Å². The normalized spacial score (nSPS) is 21.3. The van der Waals surface area contributed by atoms with E-state index in [1.807, 2.05) is 0 Å². The Morgan fingerprint density at radius 2 is 2.05 bits per heavy atom. The zero-order valence-corrected chi connectivity index (χ0v) is 13.5. The number of benzene rings is 1. The third-order valence-corrected chi connectivity index (χ3v) is 5.15. The van der Waals surface area contributed by atoms with Crippen molar-refractivity contribution in [1.82, 2.24) is 4.90 Å². The molecule has 0 aromatic heterocycles. The highest BCUT2D eigenvalue weighted by atomic mass is 79.9. The van der Waals surface area contributed by atoms with E-state index in [-0.39, 0.29) is 11.6 Å².